The van der Waals surface area contributed by atoms with Gasteiger partial charge in [0.05, 0.1) is 0 Å². The van der Waals surface area contributed by atoms with Crippen LogP contribution in [0, 0.1) is 6.20 Å². The maximum atomic E-state index is 5.36. The van der Waals surface area contributed by atoms with Gasteiger partial charge in [0, 0.05) is 0 Å². The fourth-order valence-electron chi connectivity index (χ4n) is 0.218. The summed E-state index contributed by atoms with van der Waals surface area (Å²) < 4.78 is 0. The van der Waals surface area contributed by atoms with Crippen LogP contribution in [0.15, 0.2) is 0 Å². The van der Waals surface area contributed by atoms with Crippen molar-refractivity contribution in [1.29, 1.82) is 0 Å². The Bertz CT molecular complexity index is 169. The Balaban J connectivity index is 3.13. The van der Waals surface area contributed by atoms with Crippen molar-refractivity contribution in [2.24, 2.45) is 0 Å². The second-order valence-electron chi connectivity index (χ2n) is 1.01. The van der Waals surface area contributed by atoms with Crippen molar-refractivity contribution in [3.63, 3.8) is 0 Å². The third-order valence-corrected chi connectivity index (χ3v) is 1.13. The van der Waals surface area contributed by atoms with Crippen LogP contribution in [0.25, 0.3) is 0 Å². The first-order valence-electron chi connectivity index (χ1n) is 1.73. The molecular weight excluding hydrogens is 149 g/mol. The number of halogens is 2. The van der Waals surface area contributed by atoms with Gasteiger partial charge < -0.3 is 0 Å². The largest absolute Gasteiger partial charge is 0.174 e. The first kappa shape index (κ1) is 5.72. The molecule has 5 heteroatoms. The Hall–Kier alpha value is -0.410. The number of hydrogen-bond donors (Lipinski definition) is 0. The maximum Gasteiger partial charge on any atom is 0.174 e. The van der Waals surface area contributed by atoms with Gasteiger partial charge >= 0.3 is 0 Å². The van der Waals surface area contributed by atoms with E-state index in [2.05, 4.69) is 21.6 Å². The van der Waals surface area contributed by atoms with E-state index in [-0.39, 0.29) is 10.2 Å². The first-order chi connectivity index (χ1) is 3.80. The molecule has 1 radical (unpaired) electrons. The normalized spacial score (nSPS) is 9.25. The number of nitrogens with zero attached hydrogens (tertiary/aromatic N) is 3. The molecular formula is C3Cl2N3. The summed E-state index contributed by atoms with van der Waals surface area (Å²) in [4.78, 5) is 0. The summed E-state index contributed by atoms with van der Waals surface area (Å²) in [5.41, 5.74) is 0. The highest BCUT2D eigenvalue weighted by Gasteiger charge is 1.95. The summed E-state index contributed by atoms with van der Waals surface area (Å²) in [7, 11) is 0. The predicted molar refractivity (Wildman–Crippen MR) is 28.7 cm³/mol. The molecule has 0 fully saturated rings. The van der Waals surface area contributed by atoms with Crippen LogP contribution >= 0.6 is 23.2 Å². The zero-order valence-corrected chi connectivity index (χ0v) is 5.11. The molecule has 8 heavy (non-hydrogen) atoms. The number of rotatable bonds is 0. The van der Waals surface area contributed by atoms with Gasteiger partial charge in [-0.25, -0.2) is 0 Å². The molecule has 0 aliphatic heterocycles. The van der Waals surface area contributed by atoms with Gasteiger partial charge in [-0.2, -0.15) is 0 Å². The average Bonchev–Trinajstić information content (AvgIpc) is 1.77. The van der Waals surface area contributed by atoms with Gasteiger partial charge in [0.25, 0.3) is 0 Å². The molecule has 0 saturated heterocycles. The van der Waals surface area contributed by atoms with E-state index in [0.717, 1.165) is 0 Å². The molecule has 0 aliphatic rings. The smallest absolute Gasteiger partial charge is 0.127 e. The van der Waals surface area contributed by atoms with Crippen molar-refractivity contribution in [1.82, 2.24) is 15.4 Å². The van der Waals surface area contributed by atoms with Crippen LogP contribution in [0.1, 0.15) is 0 Å². The van der Waals surface area contributed by atoms with Crippen molar-refractivity contribution < 1.29 is 0 Å². The van der Waals surface area contributed by atoms with E-state index < -0.39 is 0 Å². The van der Waals surface area contributed by atoms with E-state index in [0.29, 0.717) is 0 Å². The average molecular weight is 149 g/mol. The van der Waals surface area contributed by atoms with E-state index in [4.69, 9.17) is 23.2 Å². The lowest BCUT2D eigenvalue weighted by molar-refractivity contribution is 0.860. The van der Waals surface area contributed by atoms with Gasteiger partial charge in [-0.15, -0.1) is 10.2 Å². The van der Waals surface area contributed by atoms with Crippen LogP contribution in [0.4, 0.5) is 0 Å². The Labute approximate surface area is 55.6 Å². The Morgan fingerprint density at radius 1 is 1.38 bits per heavy atom. The van der Waals surface area contributed by atoms with E-state index >= 15 is 0 Å². The molecule has 3 nitrogen and oxygen atoms in total. The topological polar surface area (TPSA) is 38.7 Å². The third-order valence-electron chi connectivity index (χ3n) is 0.507. The summed E-state index contributed by atoms with van der Waals surface area (Å²) in [6.45, 7) is 0. The summed E-state index contributed by atoms with van der Waals surface area (Å²) in [6, 6.07) is 0. The number of aromatic nitrogens is 3. The van der Waals surface area contributed by atoms with Gasteiger partial charge in [0.1, 0.15) is 11.2 Å². The summed E-state index contributed by atoms with van der Waals surface area (Å²) in [6.07, 6.45) is 2.31. The fraction of sp³-hybridized carbons (Fsp3) is 0. The van der Waals surface area contributed by atoms with Gasteiger partial charge in [0.2, 0.25) is 0 Å². The summed E-state index contributed by atoms with van der Waals surface area (Å²) in [5.74, 6) is 0. The van der Waals surface area contributed by atoms with E-state index in [1.807, 2.05) is 0 Å². The highest BCUT2D eigenvalue weighted by Crippen LogP contribution is 2.13. The molecule has 0 aliphatic carbocycles. The summed E-state index contributed by atoms with van der Waals surface area (Å²) >= 11 is 10.7. The Morgan fingerprint density at radius 2 is 2.12 bits per heavy atom. The first-order valence-corrected chi connectivity index (χ1v) is 2.48. The SMILES string of the molecule is Clc1[c]nnnc1Cl. The minimum Gasteiger partial charge on any atom is -0.127 e. The van der Waals surface area contributed by atoms with Gasteiger partial charge in [-0.1, -0.05) is 23.2 Å². The minimum atomic E-state index is 0.127. The fourth-order valence-corrected chi connectivity index (χ4v) is 0.370. The van der Waals surface area contributed by atoms with Crippen LogP contribution in [0.3, 0.4) is 0 Å². The lowest BCUT2D eigenvalue weighted by atomic mass is 10.7. The van der Waals surface area contributed by atoms with Crippen LogP contribution in [-0.4, -0.2) is 15.4 Å². The third kappa shape index (κ3) is 1.05. The lowest BCUT2D eigenvalue weighted by Gasteiger charge is -1.83. The van der Waals surface area contributed by atoms with Crippen LogP contribution in [0.5, 0.6) is 0 Å². The second-order valence-corrected chi connectivity index (χ2v) is 1.74. The zero-order valence-electron chi connectivity index (χ0n) is 3.60. The molecule has 0 bridgehead atoms. The molecule has 0 atom stereocenters. The number of hydrogen-bond acceptors (Lipinski definition) is 3. The van der Waals surface area contributed by atoms with Crippen molar-refractivity contribution in [2.45, 2.75) is 0 Å². The molecule has 41 valence electrons. The van der Waals surface area contributed by atoms with Gasteiger partial charge in [-0.3, -0.25) is 0 Å². The van der Waals surface area contributed by atoms with E-state index in [1.165, 1.54) is 0 Å². The maximum absolute atomic E-state index is 5.36. The van der Waals surface area contributed by atoms with Crippen LogP contribution < -0.4 is 0 Å². The van der Waals surface area contributed by atoms with Crippen molar-refractivity contribution in [2.75, 3.05) is 0 Å². The van der Waals surface area contributed by atoms with Crippen LogP contribution in [-0.2, 0) is 0 Å². The molecule has 1 aromatic heterocycles. The standard InChI is InChI=1S/C3Cl2N3/c4-2-1-6-8-7-3(2)5. The Kier molecular flexibility index (Phi) is 1.60. The molecule has 0 unspecified atom stereocenters. The van der Waals surface area contributed by atoms with Crippen molar-refractivity contribution in [3.05, 3.63) is 16.4 Å². The molecule has 0 spiro atoms. The predicted octanol–water partition coefficient (Wildman–Crippen LogP) is 0.979. The van der Waals surface area contributed by atoms with Crippen molar-refractivity contribution in [3.8, 4) is 0 Å². The Morgan fingerprint density at radius 3 is 2.50 bits per heavy atom. The van der Waals surface area contributed by atoms with Crippen molar-refractivity contribution >= 4 is 23.2 Å². The lowest BCUT2D eigenvalue weighted by Crippen LogP contribution is -1.85. The van der Waals surface area contributed by atoms with Crippen LogP contribution in [0.2, 0.25) is 10.2 Å². The molecule has 0 aromatic carbocycles. The van der Waals surface area contributed by atoms with Gasteiger partial charge in [-0.05, 0) is 5.21 Å². The highest BCUT2D eigenvalue weighted by molar-refractivity contribution is 6.40. The molecule has 1 heterocycles. The molecule has 1 rings (SSSR count). The van der Waals surface area contributed by atoms with E-state index in [1.54, 1.807) is 0 Å². The van der Waals surface area contributed by atoms with Gasteiger partial charge in [0.15, 0.2) is 5.15 Å². The highest BCUT2D eigenvalue weighted by atomic mass is 35.5. The van der Waals surface area contributed by atoms with E-state index in [9.17, 15) is 0 Å². The second kappa shape index (κ2) is 2.24. The molecule has 1 aromatic rings. The zero-order chi connectivity index (χ0) is 5.98. The quantitative estimate of drug-likeness (QED) is 0.551. The molecule has 0 amide bonds. The molecule has 0 N–H and O–H groups in total. The molecule has 0 saturated carbocycles. The monoisotopic (exact) mass is 148 g/mol. The minimum absolute atomic E-state index is 0.127. The summed E-state index contributed by atoms with van der Waals surface area (Å²) in [5, 5.41) is 10.1.